The molecule has 0 radical (unpaired) electrons. The topological polar surface area (TPSA) is 72.3 Å². The molecule has 166 valence electrons. The van der Waals surface area contributed by atoms with E-state index in [1.807, 2.05) is 0 Å². The number of aryl methyl sites for hydroxylation is 1. The van der Waals surface area contributed by atoms with Crippen molar-refractivity contribution in [2.45, 2.75) is 6.18 Å². The number of rotatable bonds is 3. The number of fused-ring (bicyclic) bond motifs is 1. The smallest absolute Gasteiger partial charge is 0.378 e. The van der Waals surface area contributed by atoms with Crippen LogP contribution in [0, 0.1) is 5.82 Å². The minimum Gasteiger partial charge on any atom is -0.378 e. The van der Waals surface area contributed by atoms with Gasteiger partial charge in [0.15, 0.2) is 11.6 Å². The molecule has 1 N–H and O–H groups in total. The number of benzene rings is 1. The lowest BCUT2D eigenvalue weighted by Crippen LogP contribution is -2.40. The summed E-state index contributed by atoms with van der Waals surface area (Å²) in [6.45, 7) is 1.74. The molecule has 0 saturated carbocycles. The van der Waals surface area contributed by atoms with Crippen molar-refractivity contribution in [3.05, 3.63) is 47.7 Å². The summed E-state index contributed by atoms with van der Waals surface area (Å²) in [6, 6.07) is 2.93. The number of nitrogens with one attached hydrogen (secondary N) is 1. The van der Waals surface area contributed by atoms with E-state index < -0.39 is 23.2 Å². The van der Waals surface area contributed by atoms with Crippen LogP contribution in [0.4, 0.5) is 29.1 Å². The van der Waals surface area contributed by atoms with E-state index >= 15 is 0 Å². The minimum atomic E-state index is -4.83. The van der Waals surface area contributed by atoms with Crippen LogP contribution in [0.15, 0.2) is 30.7 Å². The van der Waals surface area contributed by atoms with Gasteiger partial charge in [0.05, 0.1) is 41.9 Å². The largest absolute Gasteiger partial charge is 0.419 e. The lowest BCUT2D eigenvalue weighted by molar-refractivity contribution is -0.139. The van der Waals surface area contributed by atoms with Gasteiger partial charge in [-0.15, -0.1) is 12.4 Å². The Kier molecular flexibility index (Phi) is 6.37. The van der Waals surface area contributed by atoms with Crippen molar-refractivity contribution in [3.8, 4) is 0 Å². The number of carbonyl (C=O) groups excluding carboxylic acids is 1. The zero-order valence-electron chi connectivity index (χ0n) is 16.2. The molecule has 0 unspecified atom stereocenters. The summed E-state index contributed by atoms with van der Waals surface area (Å²) >= 11 is 0. The highest BCUT2D eigenvalue weighted by Gasteiger charge is 2.35. The molecule has 0 bridgehead atoms. The maximum Gasteiger partial charge on any atom is 0.419 e. The second-order valence-corrected chi connectivity index (χ2v) is 6.77. The predicted octanol–water partition coefficient (Wildman–Crippen LogP) is 3.76. The van der Waals surface area contributed by atoms with Crippen LogP contribution in [0.2, 0.25) is 0 Å². The number of anilines is 2. The molecule has 1 fully saturated rings. The standard InChI is InChI=1S/C19H17F4N5O2.ClH/c1-27-10-25-15-16(27)11(18(29)28-5-7-30-8-6-28)9-24-17(15)26-13-4-2-3-12(14(13)20)19(21,22)23;/h2-4,9-10H,5-8H2,1H3,(H,24,26);1H. The number of pyridine rings is 1. The Bertz CT molecular complexity index is 1110. The van der Waals surface area contributed by atoms with E-state index in [0.717, 1.165) is 6.07 Å². The summed E-state index contributed by atoms with van der Waals surface area (Å²) < 4.78 is 60.2. The van der Waals surface area contributed by atoms with Crippen LogP contribution in [0.1, 0.15) is 15.9 Å². The highest BCUT2D eigenvalue weighted by atomic mass is 35.5. The van der Waals surface area contributed by atoms with Gasteiger partial charge in [0.2, 0.25) is 0 Å². The number of nitrogens with zero attached hydrogens (tertiary/aromatic N) is 4. The van der Waals surface area contributed by atoms with Crippen LogP contribution in [0.5, 0.6) is 0 Å². The third kappa shape index (κ3) is 4.28. The van der Waals surface area contributed by atoms with Crippen molar-refractivity contribution in [1.82, 2.24) is 19.4 Å². The summed E-state index contributed by atoms with van der Waals surface area (Å²) in [6.07, 6.45) is -2.06. The summed E-state index contributed by atoms with van der Waals surface area (Å²) in [4.78, 5) is 22.9. The quantitative estimate of drug-likeness (QED) is 0.604. The number of aromatic nitrogens is 3. The van der Waals surface area contributed by atoms with Gasteiger partial charge in [0.1, 0.15) is 5.52 Å². The molecule has 0 atom stereocenters. The van der Waals surface area contributed by atoms with E-state index in [0.29, 0.717) is 43.4 Å². The maximum absolute atomic E-state index is 14.4. The van der Waals surface area contributed by atoms with Crippen molar-refractivity contribution < 1.29 is 27.1 Å². The minimum absolute atomic E-state index is 0. The van der Waals surface area contributed by atoms with Crippen LogP contribution in [0.25, 0.3) is 11.0 Å². The third-order valence-corrected chi connectivity index (χ3v) is 4.83. The Morgan fingerprint density at radius 1 is 1.19 bits per heavy atom. The number of hydrogen-bond acceptors (Lipinski definition) is 5. The Hall–Kier alpha value is -2.92. The van der Waals surface area contributed by atoms with E-state index in [2.05, 4.69) is 15.3 Å². The number of imidazole rings is 1. The van der Waals surface area contributed by atoms with E-state index in [1.54, 1.807) is 16.5 Å². The van der Waals surface area contributed by atoms with Gasteiger partial charge in [0.25, 0.3) is 5.91 Å². The van der Waals surface area contributed by atoms with Crippen molar-refractivity contribution in [3.63, 3.8) is 0 Å². The molecule has 0 spiro atoms. The molecule has 1 saturated heterocycles. The lowest BCUT2D eigenvalue weighted by Gasteiger charge is -2.27. The first kappa shape index (κ1) is 22.8. The highest BCUT2D eigenvalue weighted by molar-refractivity contribution is 6.07. The molecule has 3 heterocycles. The summed E-state index contributed by atoms with van der Waals surface area (Å²) in [5.41, 5.74) is -0.799. The van der Waals surface area contributed by atoms with Crippen molar-refractivity contribution >= 4 is 40.9 Å². The van der Waals surface area contributed by atoms with E-state index in [-0.39, 0.29) is 29.6 Å². The Morgan fingerprint density at radius 2 is 1.90 bits per heavy atom. The number of halogens is 5. The van der Waals surface area contributed by atoms with E-state index in [9.17, 15) is 22.4 Å². The molecule has 1 amide bonds. The average molecular weight is 460 g/mol. The second-order valence-electron chi connectivity index (χ2n) is 6.77. The lowest BCUT2D eigenvalue weighted by atomic mass is 10.1. The van der Waals surface area contributed by atoms with E-state index in [4.69, 9.17) is 4.74 Å². The van der Waals surface area contributed by atoms with Crippen LogP contribution < -0.4 is 5.32 Å². The molecule has 12 heteroatoms. The normalized spacial score (nSPS) is 14.4. The molecule has 3 aromatic rings. The summed E-state index contributed by atoms with van der Waals surface area (Å²) in [5, 5.41) is 2.58. The van der Waals surface area contributed by atoms with Crippen LogP contribution in [0.3, 0.4) is 0 Å². The molecule has 1 aromatic carbocycles. The number of hydrogen-bond donors (Lipinski definition) is 1. The molecular weight excluding hydrogens is 442 g/mol. The number of morpholine rings is 1. The van der Waals surface area contributed by atoms with Crippen molar-refractivity contribution in [2.75, 3.05) is 31.6 Å². The zero-order valence-corrected chi connectivity index (χ0v) is 17.1. The molecule has 1 aliphatic rings. The highest BCUT2D eigenvalue weighted by Crippen LogP contribution is 2.35. The second kappa shape index (κ2) is 8.67. The van der Waals surface area contributed by atoms with Crippen molar-refractivity contribution in [2.24, 2.45) is 7.05 Å². The van der Waals surface area contributed by atoms with Crippen LogP contribution in [-0.4, -0.2) is 51.6 Å². The van der Waals surface area contributed by atoms with Gasteiger partial charge >= 0.3 is 6.18 Å². The number of ether oxygens (including phenoxy) is 1. The number of carbonyl (C=O) groups is 1. The third-order valence-electron chi connectivity index (χ3n) is 4.83. The van der Waals surface area contributed by atoms with Gasteiger partial charge in [0, 0.05) is 26.3 Å². The molecule has 4 rings (SSSR count). The Morgan fingerprint density at radius 3 is 2.58 bits per heavy atom. The monoisotopic (exact) mass is 459 g/mol. The average Bonchev–Trinajstić information content (AvgIpc) is 3.11. The van der Waals surface area contributed by atoms with Gasteiger partial charge in [-0.05, 0) is 12.1 Å². The molecular formula is C19H18ClF4N5O2. The van der Waals surface area contributed by atoms with Crippen LogP contribution >= 0.6 is 12.4 Å². The fourth-order valence-corrected chi connectivity index (χ4v) is 3.33. The fraction of sp³-hybridized carbons (Fsp3) is 0.316. The molecule has 31 heavy (non-hydrogen) atoms. The molecule has 7 nitrogen and oxygen atoms in total. The van der Waals surface area contributed by atoms with Gasteiger partial charge in [-0.25, -0.2) is 14.4 Å². The number of alkyl halides is 3. The molecule has 1 aliphatic heterocycles. The summed E-state index contributed by atoms with van der Waals surface area (Å²) in [5.74, 6) is -1.65. The SMILES string of the molecule is Cl.Cn1cnc2c(Nc3cccc(C(F)(F)F)c3F)ncc(C(=O)N3CCOCC3)c21. The zero-order chi connectivity index (χ0) is 21.5. The van der Waals surface area contributed by atoms with Crippen molar-refractivity contribution in [1.29, 1.82) is 0 Å². The molecule has 2 aromatic heterocycles. The first-order valence-electron chi connectivity index (χ1n) is 9.07. The Balaban J connectivity index is 0.00000272. The first-order chi connectivity index (χ1) is 14.3. The first-order valence-corrected chi connectivity index (χ1v) is 9.07. The predicted molar refractivity (Wildman–Crippen MR) is 107 cm³/mol. The van der Waals surface area contributed by atoms with Gasteiger partial charge in [-0.1, -0.05) is 6.07 Å². The number of amides is 1. The Labute approximate surface area is 180 Å². The van der Waals surface area contributed by atoms with Gasteiger partial charge in [-0.2, -0.15) is 13.2 Å². The van der Waals surface area contributed by atoms with Crippen LogP contribution in [-0.2, 0) is 18.0 Å². The van der Waals surface area contributed by atoms with E-state index in [1.165, 1.54) is 18.6 Å². The summed E-state index contributed by atoms with van der Waals surface area (Å²) in [7, 11) is 1.68. The van der Waals surface area contributed by atoms with Gasteiger partial charge in [-0.3, -0.25) is 4.79 Å². The maximum atomic E-state index is 14.4. The fourth-order valence-electron chi connectivity index (χ4n) is 3.33. The molecule has 0 aliphatic carbocycles. The van der Waals surface area contributed by atoms with Gasteiger partial charge < -0.3 is 19.5 Å².